The van der Waals surface area contributed by atoms with E-state index >= 15 is 0 Å². The maximum absolute atomic E-state index is 11.7. The highest BCUT2D eigenvalue weighted by molar-refractivity contribution is 7.75. The average Bonchev–Trinajstić information content (AvgIpc) is 2.54. The molecule has 3 atom stereocenters. The number of terminal acetylenes is 1. The third kappa shape index (κ3) is 5.62. The summed E-state index contributed by atoms with van der Waals surface area (Å²) >= 11 is -1.83. The van der Waals surface area contributed by atoms with Gasteiger partial charge >= 0.3 is 11.4 Å². The van der Waals surface area contributed by atoms with Gasteiger partial charge in [0.2, 0.25) is 0 Å². The van der Waals surface area contributed by atoms with Crippen molar-refractivity contribution in [2.75, 3.05) is 6.61 Å². The third-order valence-corrected chi connectivity index (χ3v) is 4.81. The zero-order valence-electron chi connectivity index (χ0n) is 14.6. The highest BCUT2D eigenvalue weighted by Crippen LogP contribution is 2.29. The first-order valence-electron chi connectivity index (χ1n) is 8.33. The average molecular weight is 350 g/mol. The van der Waals surface area contributed by atoms with Crippen LogP contribution >= 0.6 is 0 Å². The Morgan fingerprint density at radius 2 is 1.79 bits per heavy atom. The van der Waals surface area contributed by atoms with Crippen molar-refractivity contribution >= 4 is 11.4 Å². The molecule has 1 aliphatic rings. The Balaban J connectivity index is 1.98. The van der Waals surface area contributed by atoms with Gasteiger partial charge in [-0.2, -0.15) is 4.21 Å². The van der Waals surface area contributed by atoms with Crippen LogP contribution in [0.2, 0.25) is 0 Å². The summed E-state index contributed by atoms with van der Waals surface area (Å²) in [7, 11) is 0. The molecule has 1 saturated carbocycles. The van der Waals surface area contributed by atoms with Gasteiger partial charge in [0.1, 0.15) is 24.6 Å². The molecule has 0 heterocycles. The molecule has 0 bridgehead atoms. The van der Waals surface area contributed by atoms with Crippen molar-refractivity contribution in [1.29, 1.82) is 0 Å². The van der Waals surface area contributed by atoms with Crippen LogP contribution in [0, 0.1) is 12.3 Å². The molecule has 1 fully saturated rings. The fourth-order valence-electron chi connectivity index (χ4n) is 2.73. The lowest BCUT2D eigenvalue weighted by atomic mass is 9.87. The molecule has 24 heavy (non-hydrogen) atoms. The topological polar surface area (TPSA) is 44.8 Å². The minimum Gasteiger partial charge on any atom is -0.488 e. The second-order valence-electron chi connectivity index (χ2n) is 7.02. The predicted octanol–water partition coefficient (Wildman–Crippen LogP) is 3.92. The van der Waals surface area contributed by atoms with Gasteiger partial charge < -0.3 is 4.74 Å². The molecule has 0 spiro atoms. The lowest BCUT2D eigenvalue weighted by Crippen LogP contribution is -2.37. The van der Waals surface area contributed by atoms with Crippen molar-refractivity contribution in [1.82, 2.24) is 0 Å². The van der Waals surface area contributed by atoms with Crippen LogP contribution in [-0.4, -0.2) is 23.0 Å². The Morgan fingerprint density at radius 1 is 1.17 bits per heavy atom. The monoisotopic (exact) mass is 350 g/mol. The number of hydrogen-bond acceptors (Lipinski definition) is 4. The van der Waals surface area contributed by atoms with Gasteiger partial charge in [-0.25, -0.2) is 0 Å². The van der Waals surface area contributed by atoms with E-state index in [0.717, 1.165) is 31.4 Å². The van der Waals surface area contributed by atoms with Gasteiger partial charge in [-0.15, -0.1) is 6.42 Å². The van der Waals surface area contributed by atoms with Crippen molar-refractivity contribution in [3.63, 3.8) is 0 Å². The molecule has 0 saturated heterocycles. The van der Waals surface area contributed by atoms with Crippen molar-refractivity contribution in [3.8, 4) is 18.1 Å². The fraction of sp³-hybridized carbons (Fsp3) is 0.579. The van der Waals surface area contributed by atoms with E-state index in [1.54, 1.807) is 0 Å². The van der Waals surface area contributed by atoms with Crippen molar-refractivity contribution in [2.24, 2.45) is 0 Å². The van der Waals surface area contributed by atoms with E-state index in [9.17, 15) is 4.21 Å². The maximum Gasteiger partial charge on any atom is 0.305 e. The molecule has 2 rings (SSSR count). The van der Waals surface area contributed by atoms with Crippen LogP contribution in [-0.2, 0) is 25.1 Å². The maximum atomic E-state index is 11.7. The van der Waals surface area contributed by atoms with Crippen LogP contribution in [0.3, 0.4) is 0 Å². The van der Waals surface area contributed by atoms with Crippen LogP contribution < -0.4 is 4.74 Å². The summed E-state index contributed by atoms with van der Waals surface area (Å²) in [5, 5.41) is 0. The van der Waals surface area contributed by atoms with Crippen LogP contribution in [0.4, 0.5) is 0 Å². The Labute approximate surface area is 147 Å². The Kier molecular flexibility index (Phi) is 6.85. The van der Waals surface area contributed by atoms with Gasteiger partial charge in [0.15, 0.2) is 0 Å². The number of hydrogen-bond donors (Lipinski definition) is 0. The van der Waals surface area contributed by atoms with Gasteiger partial charge in [0, 0.05) is 0 Å². The van der Waals surface area contributed by atoms with Gasteiger partial charge in [-0.05, 0) is 42.4 Å². The Bertz CT molecular complexity index is 583. The van der Waals surface area contributed by atoms with Crippen LogP contribution in [0.15, 0.2) is 24.3 Å². The molecule has 4 nitrogen and oxygen atoms in total. The molecule has 0 unspecified atom stereocenters. The molecule has 1 aliphatic carbocycles. The lowest BCUT2D eigenvalue weighted by molar-refractivity contribution is 0.0239. The van der Waals surface area contributed by atoms with Gasteiger partial charge in [-0.3, -0.25) is 8.37 Å². The molecule has 0 radical (unpaired) electrons. The van der Waals surface area contributed by atoms with E-state index in [0.29, 0.717) is 0 Å². The summed E-state index contributed by atoms with van der Waals surface area (Å²) in [6.45, 7) is 6.51. The van der Waals surface area contributed by atoms with Crippen molar-refractivity contribution in [2.45, 2.75) is 64.1 Å². The van der Waals surface area contributed by atoms with Crippen molar-refractivity contribution in [3.05, 3.63) is 29.8 Å². The number of ether oxygens (including phenoxy) is 1. The summed E-state index contributed by atoms with van der Waals surface area (Å²) in [5.74, 6) is 3.08. The van der Waals surface area contributed by atoms with Crippen molar-refractivity contribution < 1.29 is 17.3 Å². The van der Waals surface area contributed by atoms with E-state index in [2.05, 4.69) is 38.8 Å². The highest BCUT2D eigenvalue weighted by Gasteiger charge is 2.30. The molecule has 0 N–H and O–H groups in total. The summed E-state index contributed by atoms with van der Waals surface area (Å²) in [6, 6.07) is 8.14. The number of benzene rings is 1. The van der Waals surface area contributed by atoms with E-state index in [4.69, 9.17) is 19.5 Å². The van der Waals surface area contributed by atoms with E-state index in [1.165, 1.54) is 5.56 Å². The molecule has 1 aromatic carbocycles. The molecule has 0 amide bonds. The standard InChI is InChI=1S/C19H26O4S/c1-5-14-21-24(20)23-18-9-7-6-8-17(18)22-16-12-10-15(11-13-16)19(2,3)4/h1,10-13,17-18H,6-9,14H2,2-4H3/t17-,18-,24+/m1/s1. The molecular formula is C19H26O4S. The summed E-state index contributed by atoms with van der Waals surface area (Å²) in [5.41, 5.74) is 1.37. The predicted molar refractivity (Wildman–Crippen MR) is 95.8 cm³/mol. The molecule has 1 aromatic rings. The first-order valence-corrected chi connectivity index (χ1v) is 9.33. The first kappa shape index (κ1) is 19.0. The minimum atomic E-state index is -1.83. The smallest absolute Gasteiger partial charge is 0.305 e. The number of rotatable bonds is 6. The molecular weight excluding hydrogens is 324 g/mol. The fourth-order valence-corrected chi connectivity index (χ4v) is 3.37. The molecule has 132 valence electrons. The molecule has 0 aliphatic heterocycles. The summed E-state index contributed by atoms with van der Waals surface area (Å²) < 4.78 is 28.2. The third-order valence-electron chi connectivity index (χ3n) is 4.09. The van der Waals surface area contributed by atoms with Crippen LogP contribution in [0.1, 0.15) is 52.0 Å². The summed E-state index contributed by atoms with van der Waals surface area (Å²) in [4.78, 5) is 0. The normalized spacial score (nSPS) is 22.6. The quantitative estimate of drug-likeness (QED) is 0.730. The van der Waals surface area contributed by atoms with Gasteiger partial charge in [-0.1, -0.05) is 45.2 Å². The summed E-state index contributed by atoms with van der Waals surface area (Å²) in [6.07, 6.45) is 8.49. The van der Waals surface area contributed by atoms with Crippen LogP contribution in [0.25, 0.3) is 0 Å². The van der Waals surface area contributed by atoms with E-state index in [1.807, 2.05) is 12.1 Å². The second kappa shape index (κ2) is 8.66. The molecule has 0 aromatic heterocycles. The Morgan fingerprint density at radius 3 is 2.38 bits per heavy atom. The second-order valence-corrected chi connectivity index (χ2v) is 7.86. The van der Waals surface area contributed by atoms with E-state index in [-0.39, 0.29) is 24.2 Å². The zero-order chi connectivity index (χ0) is 17.6. The zero-order valence-corrected chi connectivity index (χ0v) is 15.4. The van der Waals surface area contributed by atoms with E-state index < -0.39 is 11.4 Å². The van der Waals surface area contributed by atoms with Crippen LogP contribution in [0.5, 0.6) is 5.75 Å². The first-order chi connectivity index (χ1) is 11.4. The van der Waals surface area contributed by atoms with Gasteiger partial charge in [0.25, 0.3) is 0 Å². The van der Waals surface area contributed by atoms with Gasteiger partial charge in [0.05, 0.1) is 0 Å². The Hall–Kier alpha value is -1.35. The molecule has 5 heteroatoms. The highest BCUT2D eigenvalue weighted by atomic mass is 32.2. The largest absolute Gasteiger partial charge is 0.488 e. The lowest BCUT2D eigenvalue weighted by Gasteiger charge is -2.30. The SMILES string of the molecule is C#CCO[S@](=O)O[C@@H]1CCCC[C@H]1Oc1ccc(C(C)(C)C)cc1. The minimum absolute atomic E-state index is 0.0287.